The summed E-state index contributed by atoms with van der Waals surface area (Å²) in [5.74, 6) is 0.885. The molecule has 0 aliphatic heterocycles. The number of nitrogens with one attached hydrogen (secondary N) is 2. The Balaban J connectivity index is 1.96. The second-order valence-corrected chi connectivity index (χ2v) is 5.43. The van der Waals surface area contributed by atoms with Crippen molar-refractivity contribution < 1.29 is 13.5 Å². The molecule has 0 spiro atoms. The van der Waals surface area contributed by atoms with E-state index in [4.69, 9.17) is 9.29 Å². The summed E-state index contributed by atoms with van der Waals surface area (Å²) in [5, 5.41) is 7.25. The van der Waals surface area contributed by atoms with E-state index in [1.165, 1.54) is 0 Å². The average molecular weight is 309 g/mol. The van der Waals surface area contributed by atoms with Crippen LogP contribution in [0.3, 0.4) is 0 Å². The molecule has 3 N–H and O–H groups in total. The maximum Gasteiger partial charge on any atom is 0.167 e. The summed E-state index contributed by atoms with van der Waals surface area (Å²) in [5.41, 5.74) is 1.83. The number of rotatable bonds is 8. The maximum atomic E-state index is 10.5. The first kappa shape index (κ1) is 15.7. The fourth-order valence-corrected chi connectivity index (χ4v) is 2.33. The molecule has 7 heteroatoms. The quantitative estimate of drug-likeness (QED) is 0.509. The van der Waals surface area contributed by atoms with E-state index in [9.17, 15) is 4.21 Å². The molecule has 1 unspecified atom stereocenters. The van der Waals surface area contributed by atoms with Crippen LogP contribution < -0.4 is 15.4 Å². The van der Waals surface area contributed by atoms with Crippen LogP contribution in [0, 0.1) is 0 Å². The van der Waals surface area contributed by atoms with E-state index in [-0.39, 0.29) is 5.88 Å². The first-order valence-electron chi connectivity index (χ1n) is 6.65. The molecule has 1 atom stereocenters. The number of aromatic nitrogens is 1. The molecule has 0 aliphatic rings. The van der Waals surface area contributed by atoms with Crippen LogP contribution >= 0.6 is 0 Å². The highest BCUT2D eigenvalue weighted by molar-refractivity contribution is 7.79. The molecule has 0 radical (unpaired) electrons. The smallest absolute Gasteiger partial charge is 0.167 e. The zero-order chi connectivity index (χ0) is 15.1. The lowest BCUT2D eigenvalue weighted by Gasteiger charge is -2.11. The number of hydrogen-bond donors (Lipinski definition) is 3. The second-order valence-electron chi connectivity index (χ2n) is 4.50. The van der Waals surface area contributed by atoms with Crippen molar-refractivity contribution in [3.8, 4) is 5.75 Å². The van der Waals surface area contributed by atoms with E-state index < -0.39 is 11.1 Å². The van der Waals surface area contributed by atoms with E-state index in [1.807, 2.05) is 24.3 Å². The van der Waals surface area contributed by atoms with Crippen LogP contribution in [0.4, 0.5) is 5.69 Å². The number of ether oxygens (including phenoxy) is 1. The van der Waals surface area contributed by atoms with E-state index in [2.05, 4.69) is 15.6 Å². The van der Waals surface area contributed by atoms with Crippen LogP contribution in [0.5, 0.6) is 5.75 Å². The lowest BCUT2D eigenvalue weighted by atomic mass is 10.1. The van der Waals surface area contributed by atoms with Crippen molar-refractivity contribution in [2.45, 2.75) is 6.42 Å². The summed E-state index contributed by atoms with van der Waals surface area (Å²) in [4.78, 5) is 4.39. The molecule has 2 rings (SSSR count). The molecule has 6 nitrogen and oxygen atoms in total. The molecule has 1 heterocycles. The highest BCUT2D eigenvalue weighted by Gasteiger charge is 2.05. The molecule has 1 aromatic carbocycles. The molecule has 0 bridgehead atoms. The average Bonchev–Trinajstić information content (AvgIpc) is 2.50. The number of anilines is 1. The predicted molar refractivity (Wildman–Crippen MR) is 85.0 cm³/mol. The fourth-order valence-electron chi connectivity index (χ4n) is 2.01. The minimum atomic E-state index is -1.79. The molecule has 0 saturated carbocycles. The van der Waals surface area contributed by atoms with Crippen molar-refractivity contribution in [3.63, 3.8) is 0 Å². The van der Waals surface area contributed by atoms with Crippen LogP contribution in [0.1, 0.15) is 6.42 Å². The van der Waals surface area contributed by atoms with Crippen LogP contribution in [0.15, 0.2) is 30.5 Å². The molecule has 0 saturated heterocycles. The summed E-state index contributed by atoms with van der Waals surface area (Å²) in [7, 11) is 1.64. The van der Waals surface area contributed by atoms with Gasteiger partial charge in [-0.1, -0.05) is 6.07 Å². The number of fused-ring (bicyclic) bond motifs is 1. The lowest BCUT2D eigenvalue weighted by molar-refractivity contribution is 0.415. The normalized spacial score (nSPS) is 12.3. The van der Waals surface area contributed by atoms with Gasteiger partial charge in [0.2, 0.25) is 0 Å². The van der Waals surface area contributed by atoms with Crippen LogP contribution in [0.2, 0.25) is 0 Å². The topological polar surface area (TPSA) is 83.5 Å². The number of benzene rings is 1. The fraction of sp³-hybridized carbons (Fsp3) is 0.357. The zero-order valence-corrected chi connectivity index (χ0v) is 12.7. The van der Waals surface area contributed by atoms with Crippen molar-refractivity contribution in [2.75, 3.05) is 31.4 Å². The van der Waals surface area contributed by atoms with E-state index in [0.29, 0.717) is 6.54 Å². The summed E-state index contributed by atoms with van der Waals surface area (Å²) in [6.45, 7) is 1.42. The standard InChI is InChI=1S/C14H19N3O3S/c1-20-12-8-11-4-2-6-17-14(11)13(9-12)16-7-3-5-15-10-21(18)19/h2,4,6,8-9,15-16H,3,5,7,10H2,1H3,(H,18,19). The molecule has 21 heavy (non-hydrogen) atoms. The van der Waals surface area contributed by atoms with Gasteiger partial charge in [0, 0.05) is 24.2 Å². The third kappa shape index (κ3) is 4.66. The van der Waals surface area contributed by atoms with Gasteiger partial charge in [-0.25, -0.2) is 4.21 Å². The summed E-state index contributed by atoms with van der Waals surface area (Å²) in [6, 6.07) is 7.76. The Kier molecular flexibility index (Phi) is 5.91. The van der Waals surface area contributed by atoms with E-state index in [1.54, 1.807) is 13.3 Å². The largest absolute Gasteiger partial charge is 0.497 e. The molecule has 2 aromatic rings. The Morgan fingerprint density at radius 2 is 2.24 bits per heavy atom. The van der Waals surface area contributed by atoms with E-state index in [0.717, 1.165) is 35.3 Å². The molecular weight excluding hydrogens is 290 g/mol. The van der Waals surface area contributed by atoms with Crippen LogP contribution in [-0.2, 0) is 11.1 Å². The highest BCUT2D eigenvalue weighted by atomic mass is 32.2. The predicted octanol–water partition coefficient (Wildman–Crippen LogP) is 1.81. The Morgan fingerprint density at radius 1 is 1.38 bits per heavy atom. The van der Waals surface area contributed by atoms with Gasteiger partial charge in [0.1, 0.15) is 5.75 Å². The first-order valence-corrected chi connectivity index (χ1v) is 7.93. The van der Waals surface area contributed by atoms with Crippen molar-refractivity contribution in [1.29, 1.82) is 0 Å². The minimum absolute atomic E-state index is 0.101. The van der Waals surface area contributed by atoms with Gasteiger partial charge in [0.15, 0.2) is 11.1 Å². The SMILES string of the molecule is COc1cc(NCCCNCS(=O)O)c2ncccc2c1. The van der Waals surface area contributed by atoms with Gasteiger partial charge in [-0.2, -0.15) is 0 Å². The minimum Gasteiger partial charge on any atom is -0.497 e. The van der Waals surface area contributed by atoms with Crippen molar-refractivity contribution >= 4 is 27.7 Å². The van der Waals surface area contributed by atoms with Gasteiger partial charge >= 0.3 is 0 Å². The summed E-state index contributed by atoms with van der Waals surface area (Å²) >= 11 is -1.79. The number of pyridine rings is 1. The second kappa shape index (κ2) is 7.92. The number of hydrogen-bond acceptors (Lipinski definition) is 5. The molecule has 0 amide bonds. The molecule has 1 aromatic heterocycles. The van der Waals surface area contributed by atoms with Crippen molar-refractivity contribution in [3.05, 3.63) is 30.5 Å². The third-order valence-electron chi connectivity index (χ3n) is 2.99. The summed E-state index contributed by atoms with van der Waals surface area (Å²) in [6.07, 6.45) is 2.60. The Labute approximate surface area is 126 Å². The maximum absolute atomic E-state index is 10.5. The Bertz CT molecular complexity index is 621. The third-order valence-corrected chi connectivity index (χ3v) is 3.44. The van der Waals surface area contributed by atoms with Crippen LogP contribution in [0.25, 0.3) is 10.9 Å². The van der Waals surface area contributed by atoms with Gasteiger partial charge in [0.05, 0.1) is 24.2 Å². The molecule has 114 valence electrons. The summed E-state index contributed by atoms with van der Waals surface area (Å²) < 4.78 is 24.4. The van der Waals surface area contributed by atoms with Gasteiger partial charge in [-0.3, -0.25) is 4.98 Å². The molecule has 0 aliphatic carbocycles. The van der Waals surface area contributed by atoms with Crippen molar-refractivity contribution in [1.82, 2.24) is 10.3 Å². The first-order chi connectivity index (χ1) is 10.2. The van der Waals surface area contributed by atoms with Gasteiger partial charge < -0.3 is 19.9 Å². The van der Waals surface area contributed by atoms with E-state index >= 15 is 0 Å². The number of methoxy groups -OCH3 is 1. The monoisotopic (exact) mass is 309 g/mol. The van der Waals surface area contributed by atoms with Crippen LogP contribution in [-0.4, -0.2) is 39.8 Å². The van der Waals surface area contributed by atoms with Gasteiger partial charge in [-0.05, 0) is 25.1 Å². The van der Waals surface area contributed by atoms with Gasteiger partial charge in [-0.15, -0.1) is 0 Å². The number of nitrogens with zero attached hydrogens (tertiary/aromatic N) is 1. The highest BCUT2D eigenvalue weighted by Crippen LogP contribution is 2.27. The van der Waals surface area contributed by atoms with Gasteiger partial charge in [0.25, 0.3) is 0 Å². The molecule has 0 fully saturated rings. The molecular formula is C14H19N3O3S. The Hall–Kier alpha value is -1.70. The zero-order valence-electron chi connectivity index (χ0n) is 11.8. The Morgan fingerprint density at radius 3 is 3.00 bits per heavy atom. The van der Waals surface area contributed by atoms with Crippen molar-refractivity contribution in [2.24, 2.45) is 0 Å². The lowest BCUT2D eigenvalue weighted by Crippen LogP contribution is -2.21.